The fourth-order valence-corrected chi connectivity index (χ4v) is 4.87. The molecule has 1 saturated carbocycles. The van der Waals surface area contributed by atoms with Gasteiger partial charge < -0.3 is 5.32 Å². The Labute approximate surface area is 133 Å². The first-order valence-electron chi connectivity index (χ1n) is 7.31. The molecule has 0 aromatic carbocycles. The van der Waals surface area contributed by atoms with Crippen molar-refractivity contribution in [3.63, 3.8) is 0 Å². The Kier molecular flexibility index (Phi) is 4.22. The molecule has 1 N–H and O–H groups in total. The highest BCUT2D eigenvalue weighted by atomic mass is 32.2. The van der Waals surface area contributed by atoms with Crippen LogP contribution in [0.5, 0.6) is 0 Å². The van der Waals surface area contributed by atoms with Gasteiger partial charge in [-0.3, -0.25) is 9.20 Å². The maximum atomic E-state index is 12.1. The van der Waals surface area contributed by atoms with Crippen molar-refractivity contribution in [2.24, 2.45) is 0 Å². The van der Waals surface area contributed by atoms with E-state index >= 15 is 0 Å². The molecule has 0 spiro atoms. The Morgan fingerprint density at radius 1 is 1.50 bits per heavy atom. The fourth-order valence-electron chi connectivity index (χ4n) is 2.97. The minimum atomic E-state index is -3.03. The molecule has 2 aromatic rings. The van der Waals surface area contributed by atoms with E-state index in [1.807, 2.05) is 22.2 Å². The molecular formula is C14H19N3O3S2. The van der Waals surface area contributed by atoms with Crippen molar-refractivity contribution < 1.29 is 13.2 Å². The predicted octanol–water partition coefficient (Wildman–Crippen LogP) is 1.41. The lowest BCUT2D eigenvalue weighted by atomic mass is 9.95. The largest absolute Gasteiger partial charge is 0.353 e. The summed E-state index contributed by atoms with van der Waals surface area (Å²) in [5.41, 5.74) is 0.736. The SMILES string of the molecule is CS(=O)(=O)[C@H]1CCC[C@H](NC(=O)Cc2cn3ccsc3n2)C1. The summed E-state index contributed by atoms with van der Waals surface area (Å²) >= 11 is 1.53. The van der Waals surface area contributed by atoms with Crippen LogP contribution in [-0.2, 0) is 21.1 Å². The number of sulfone groups is 1. The first-order chi connectivity index (χ1) is 10.4. The van der Waals surface area contributed by atoms with Crippen molar-refractivity contribution in [1.29, 1.82) is 0 Å². The van der Waals surface area contributed by atoms with E-state index in [2.05, 4.69) is 10.3 Å². The van der Waals surface area contributed by atoms with Gasteiger partial charge in [-0.1, -0.05) is 6.42 Å². The summed E-state index contributed by atoms with van der Waals surface area (Å²) in [6, 6.07) is -0.0512. The first kappa shape index (κ1) is 15.5. The van der Waals surface area contributed by atoms with E-state index in [9.17, 15) is 13.2 Å². The molecule has 0 saturated heterocycles. The highest BCUT2D eigenvalue weighted by molar-refractivity contribution is 7.91. The number of nitrogens with one attached hydrogen (secondary N) is 1. The molecule has 1 amide bonds. The van der Waals surface area contributed by atoms with Crippen LogP contribution in [0.4, 0.5) is 0 Å². The van der Waals surface area contributed by atoms with Gasteiger partial charge in [0.25, 0.3) is 0 Å². The van der Waals surface area contributed by atoms with E-state index < -0.39 is 9.84 Å². The third-order valence-electron chi connectivity index (χ3n) is 4.08. The summed E-state index contributed by atoms with van der Waals surface area (Å²) in [6.45, 7) is 0. The summed E-state index contributed by atoms with van der Waals surface area (Å²) in [5, 5.41) is 4.57. The van der Waals surface area contributed by atoms with E-state index in [0.717, 1.165) is 23.5 Å². The summed E-state index contributed by atoms with van der Waals surface area (Å²) in [5.74, 6) is -0.0927. The van der Waals surface area contributed by atoms with Gasteiger partial charge in [-0.25, -0.2) is 13.4 Å². The lowest BCUT2D eigenvalue weighted by Gasteiger charge is -2.28. The number of hydrogen-bond donors (Lipinski definition) is 1. The van der Waals surface area contributed by atoms with Gasteiger partial charge >= 0.3 is 0 Å². The number of aromatic nitrogens is 2. The molecule has 120 valence electrons. The van der Waals surface area contributed by atoms with Crippen molar-refractivity contribution in [2.75, 3.05) is 6.26 Å². The van der Waals surface area contributed by atoms with Crippen molar-refractivity contribution in [1.82, 2.24) is 14.7 Å². The summed E-state index contributed by atoms with van der Waals surface area (Å²) in [7, 11) is -3.03. The molecule has 2 heterocycles. The van der Waals surface area contributed by atoms with Crippen LogP contribution in [0.2, 0.25) is 0 Å². The van der Waals surface area contributed by atoms with Crippen molar-refractivity contribution in [3.05, 3.63) is 23.5 Å². The fraction of sp³-hybridized carbons (Fsp3) is 0.571. The van der Waals surface area contributed by atoms with Crippen LogP contribution in [0, 0.1) is 0 Å². The van der Waals surface area contributed by atoms with Crippen LogP contribution in [0.25, 0.3) is 4.96 Å². The van der Waals surface area contributed by atoms with Gasteiger partial charge in [0.2, 0.25) is 5.91 Å². The summed E-state index contributed by atoms with van der Waals surface area (Å²) in [6.07, 6.45) is 8.16. The zero-order valence-corrected chi connectivity index (χ0v) is 14.0. The zero-order valence-electron chi connectivity index (χ0n) is 12.4. The van der Waals surface area contributed by atoms with Gasteiger partial charge in [-0.05, 0) is 19.3 Å². The number of fused-ring (bicyclic) bond motifs is 1. The van der Waals surface area contributed by atoms with E-state index in [1.54, 1.807) is 0 Å². The van der Waals surface area contributed by atoms with Crippen molar-refractivity contribution in [2.45, 2.75) is 43.4 Å². The van der Waals surface area contributed by atoms with Crippen LogP contribution in [0.3, 0.4) is 0 Å². The lowest BCUT2D eigenvalue weighted by Crippen LogP contribution is -2.42. The molecule has 0 aliphatic heterocycles. The maximum Gasteiger partial charge on any atom is 0.226 e. The zero-order chi connectivity index (χ0) is 15.7. The average molecular weight is 341 g/mol. The third kappa shape index (κ3) is 3.49. The van der Waals surface area contributed by atoms with Crippen LogP contribution in [0.1, 0.15) is 31.4 Å². The molecule has 1 fully saturated rings. The smallest absolute Gasteiger partial charge is 0.226 e. The minimum Gasteiger partial charge on any atom is -0.353 e. The Morgan fingerprint density at radius 2 is 2.32 bits per heavy atom. The van der Waals surface area contributed by atoms with Gasteiger partial charge in [-0.2, -0.15) is 0 Å². The monoisotopic (exact) mass is 341 g/mol. The number of imidazole rings is 1. The van der Waals surface area contributed by atoms with Crippen molar-refractivity contribution >= 4 is 32.0 Å². The quantitative estimate of drug-likeness (QED) is 0.912. The molecule has 2 aromatic heterocycles. The van der Waals surface area contributed by atoms with Gasteiger partial charge in [0, 0.05) is 30.1 Å². The third-order valence-corrected chi connectivity index (χ3v) is 6.49. The summed E-state index contributed by atoms with van der Waals surface area (Å²) in [4.78, 5) is 17.4. The van der Waals surface area contributed by atoms with Gasteiger partial charge in [0.1, 0.15) is 9.84 Å². The Bertz CT molecular complexity index is 750. The molecule has 6 nitrogen and oxygen atoms in total. The molecule has 1 aliphatic rings. The lowest BCUT2D eigenvalue weighted by molar-refractivity contribution is -0.121. The van der Waals surface area contributed by atoms with E-state index in [4.69, 9.17) is 0 Å². The first-order valence-corrected chi connectivity index (χ1v) is 10.1. The molecule has 1 aliphatic carbocycles. The van der Waals surface area contributed by atoms with Crippen LogP contribution >= 0.6 is 11.3 Å². The number of nitrogens with zero attached hydrogens (tertiary/aromatic N) is 2. The van der Waals surface area contributed by atoms with Crippen LogP contribution in [-0.4, -0.2) is 41.3 Å². The van der Waals surface area contributed by atoms with Crippen LogP contribution < -0.4 is 5.32 Å². The number of amides is 1. The molecule has 0 radical (unpaired) electrons. The number of thiazole rings is 1. The molecule has 0 bridgehead atoms. The van der Waals surface area contributed by atoms with Crippen LogP contribution in [0.15, 0.2) is 17.8 Å². The molecule has 22 heavy (non-hydrogen) atoms. The number of rotatable bonds is 4. The minimum absolute atomic E-state index is 0.0512. The summed E-state index contributed by atoms with van der Waals surface area (Å²) < 4.78 is 25.2. The number of hydrogen-bond acceptors (Lipinski definition) is 5. The topological polar surface area (TPSA) is 80.5 Å². The van der Waals surface area contributed by atoms with Gasteiger partial charge in [-0.15, -0.1) is 11.3 Å². The second-order valence-corrected chi connectivity index (χ2v) is 9.08. The van der Waals surface area contributed by atoms with E-state index in [0.29, 0.717) is 12.8 Å². The second-order valence-electron chi connectivity index (χ2n) is 5.88. The molecule has 2 atom stereocenters. The number of carbonyl (C=O) groups is 1. The normalized spacial score (nSPS) is 22.8. The van der Waals surface area contributed by atoms with Crippen molar-refractivity contribution in [3.8, 4) is 0 Å². The van der Waals surface area contributed by atoms with Gasteiger partial charge in [0.05, 0.1) is 17.4 Å². The molecule has 8 heteroatoms. The second kappa shape index (κ2) is 6.00. The van der Waals surface area contributed by atoms with E-state index in [-0.39, 0.29) is 23.6 Å². The standard InChI is InChI=1S/C14H19N3O3S2/c1-22(19,20)12-4-2-3-10(7-12)15-13(18)8-11-9-17-5-6-21-14(17)16-11/h5-6,9-10,12H,2-4,7-8H2,1H3,(H,15,18)/t10-,12-/m0/s1. The molecule has 0 unspecified atom stereocenters. The Balaban J connectivity index is 1.58. The van der Waals surface area contributed by atoms with E-state index in [1.165, 1.54) is 17.6 Å². The van der Waals surface area contributed by atoms with Gasteiger partial charge in [0.15, 0.2) is 4.96 Å². The maximum absolute atomic E-state index is 12.1. The molecule has 3 rings (SSSR count). The number of carbonyl (C=O) groups excluding carboxylic acids is 1. The Morgan fingerprint density at radius 3 is 3.05 bits per heavy atom. The highest BCUT2D eigenvalue weighted by Gasteiger charge is 2.29. The predicted molar refractivity (Wildman–Crippen MR) is 85.8 cm³/mol. The Hall–Kier alpha value is -1.41. The highest BCUT2D eigenvalue weighted by Crippen LogP contribution is 2.24. The average Bonchev–Trinajstić information content (AvgIpc) is 2.98. The molecular weight excluding hydrogens is 322 g/mol.